The molecule has 1 aromatic carbocycles. The number of piperazine rings is 1. The van der Waals surface area contributed by atoms with Crippen molar-refractivity contribution in [2.45, 2.75) is 13.5 Å². The number of aromatic nitrogens is 3. The molecule has 138 valence electrons. The first kappa shape index (κ1) is 18.2. The Labute approximate surface area is 157 Å². The van der Waals surface area contributed by atoms with Crippen LogP contribution in [-0.4, -0.2) is 59.0 Å². The Morgan fingerprint density at radius 2 is 1.96 bits per heavy atom. The van der Waals surface area contributed by atoms with E-state index in [0.29, 0.717) is 56.1 Å². The zero-order valence-corrected chi connectivity index (χ0v) is 15.3. The number of carbonyl (C=O) groups is 1. The van der Waals surface area contributed by atoms with E-state index in [4.69, 9.17) is 16.3 Å². The molecule has 1 aliphatic heterocycles. The molecule has 1 N–H and O–H groups in total. The Hall–Kier alpha value is -2.61. The molecule has 1 aliphatic rings. The summed E-state index contributed by atoms with van der Waals surface area (Å²) < 4.78 is 5.03. The van der Waals surface area contributed by atoms with Crippen LogP contribution < -0.4 is 10.2 Å². The Bertz CT molecular complexity index is 734. The van der Waals surface area contributed by atoms with Crippen molar-refractivity contribution in [2.75, 3.05) is 43.0 Å². The van der Waals surface area contributed by atoms with Gasteiger partial charge in [0.05, 0.1) is 12.8 Å². The first-order valence-electron chi connectivity index (χ1n) is 8.50. The molecule has 1 fully saturated rings. The van der Waals surface area contributed by atoms with Crippen LogP contribution >= 0.6 is 11.6 Å². The zero-order valence-electron chi connectivity index (χ0n) is 14.6. The normalized spacial score (nSPS) is 14.2. The molecule has 0 spiro atoms. The van der Waals surface area contributed by atoms with Crippen molar-refractivity contribution >= 4 is 29.5 Å². The summed E-state index contributed by atoms with van der Waals surface area (Å²) >= 11 is 5.89. The summed E-state index contributed by atoms with van der Waals surface area (Å²) in [4.78, 5) is 20.0. The van der Waals surface area contributed by atoms with Crippen molar-refractivity contribution in [1.29, 1.82) is 0 Å². The number of halogens is 1. The van der Waals surface area contributed by atoms with Gasteiger partial charge in [0.1, 0.15) is 0 Å². The van der Waals surface area contributed by atoms with Gasteiger partial charge >= 0.3 is 6.09 Å². The van der Waals surface area contributed by atoms with Crippen molar-refractivity contribution < 1.29 is 9.53 Å². The van der Waals surface area contributed by atoms with Crippen LogP contribution in [0, 0.1) is 0 Å². The molecule has 2 heterocycles. The predicted molar refractivity (Wildman–Crippen MR) is 99.4 cm³/mol. The maximum Gasteiger partial charge on any atom is 0.409 e. The molecule has 1 aromatic heterocycles. The number of nitrogens with zero attached hydrogens (tertiary/aromatic N) is 5. The lowest BCUT2D eigenvalue weighted by atomic mass is 10.2. The van der Waals surface area contributed by atoms with Crippen LogP contribution in [0.15, 0.2) is 30.5 Å². The third-order valence-corrected chi connectivity index (χ3v) is 4.28. The Morgan fingerprint density at radius 3 is 2.65 bits per heavy atom. The second kappa shape index (κ2) is 8.66. The van der Waals surface area contributed by atoms with E-state index in [1.54, 1.807) is 18.0 Å². The minimum atomic E-state index is -0.274. The van der Waals surface area contributed by atoms with Crippen LogP contribution in [0.5, 0.6) is 0 Å². The average molecular weight is 377 g/mol. The number of hydrogen-bond acceptors (Lipinski definition) is 7. The molecule has 26 heavy (non-hydrogen) atoms. The van der Waals surface area contributed by atoms with Crippen LogP contribution in [0.1, 0.15) is 12.5 Å². The second-order valence-corrected chi connectivity index (χ2v) is 6.23. The molecule has 0 radical (unpaired) electrons. The SMILES string of the molecule is CCOC(=O)N1CCN(c2nncc(NCc3ccc(Cl)cc3)n2)CC1. The van der Waals surface area contributed by atoms with Gasteiger partial charge in [0, 0.05) is 37.7 Å². The molecule has 0 unspecified atom stereocenters. The Balaban J connectivity index is 1.56. The predicted octanol–water partition coefficient (Wildman–Crippen LogP) is 2.42. The molecule has 0 aliphatic carbocycles. The smallest absolute Gasteiger partial charge is 0.409 e. The second-order valence-electron chi connectivity index (χ2n) is 5.79. The van der Waals surface area contributed by atoms with Crippen molar-refractivity contribution in [3.63, 3.8) is 0 Å². The lowest BCUT2D eigenvalue weighted by molar-refractivity contribution is 0.105. The molecular weight excluding hydrogens is 356 g/mol. The number of ether oxygens (including phenoxy) is 1. The molecular formula is C17H21ClN6O2. The summed E-state index contributed by atoms with van der Waals surface area (Å²) in [6, 6.07) is 7.62. The highest BCUT2D eigenvalue weighted by molar-refractivity contribution is 6.30. The quantitative estimate of drug-likeness (QED) is 0.857. The molecule has 0 saturated carbocycles. The summed E-state index contributed by atoms with van der Waals surface area (Å²) in [6.45, 7) is 5.23. The van der Waals surface area contributed by atoms with Gasteiger partial charge in [-0.3, -0.25) is 0 Å². The monoisotopic (exact) mass is 376 g/mol. The minimum Gasteiger partial charge on any atom is -0.450 e. The summed E-state index contributed by atoms with van der Waals surface area (Å²) in [5.41, 5.74) is 1.10. The Morgan fingerprint density at radius 1 is 1.23 bits per heavy atom. The molecule has 0 atom stereocenters. The molecule has 1 amide bonds. The first-order valence-corrected chi connectivity index (χ1v) is 8.88. The van der Waals surface area contributed by atoms with Gasteiger partial charge in [-0.15, -0.1) is 5.10 Å². The van der Waals surface area contributed by atoms with Crippen LogP contribution in [-0.2, 0) is 11.3 Å². The number of rotatable bonds is 5. The van der Waals surface area contributed by atoms with Gasteiger partial charge in [0.25, 0.3) is 0 Å². The summed E-state index contributed by atoms with van der Waals surface area (Å²) in [6.07, 6.45) is 1.32. The largest absolute Gasteiger partial charge is 0.450 e. The number of anilines is 2. The lowest BCUT2D eigenvalue weighted by Crippen LogP contribution is -2.49. The van der Waals surface area contributed by atoms with Crippen molar-refractivity contribution in [3.8, 4) is 0 Å². The highest BCUT2D eigenvalue weighted by Gasteiger charge is 2.23. The van der Waals surface area contributed by atoms with E-state index in [1.165, 1.54) is 0 Å². The average Bonchev–Trinajstić information content (AvgIpc) is 2.68. The first-order chi connectivity index (χ1) is 12.7. The van der Waals surface area contributed by atoms with E-state index in [2.05, 4.69) is 20.5 Å². The molecule has 0 bridgehead atoms. The standard InChI is InChI=1S/C17H21ClN6O2/c1-2-26-17(25)24-9-7-23(8-10-24)16-21-15(12-20-22-16)19-11-13-3-5-14(18)6-4-13/h3-6,12H,2,7-11H2,1H3,(H,19,21,22). The van der Waals surface area contributed by atoms with Crippen molar-refractivity contribution in [2.24, 2.45) is 0 Å². The number of nitrogens with one attached hydrogen (secondary N) is 1. The van der Waals surface area contributed by atoms with Crippen molar-refractivity contribution in [1.82, 2.24) is 20.1 Å². The van der Waals surface area contributed by atoms with Gasteiger partial charge in [-0.05, 0) is 24.6 Å². The van der Waals surface area contributed by atoms with Gasteiger partial charge in [0.2, 0.25) is 5.95 Å². The fourth-order valence-electron chi connectivity index (χ4n) is 2.61. The molecule has 2 aromatic rings. The minimum absolute atomic E-state index is 0.274. The van der Waals surface area contributed by atoms with Gasteiger partial charge in [-0.1, -0.05) is 23.7 Å². The van der Waals surface area contributed by atoms with E-state index >= 15 is 0 Å². The summed E-state index contributed by atoms with van der Waals surface area (Å²) in [5.74, 6) is 1.20. The molecule has 1 saturated heterocycles. The lowest BCUT2D eigenvalue weighted by Gasteiger charge is -2.33. The van der Waals surface area contributed by atoms with Crippen LogP contribution in [0.2, 0.25) is 5.02 Å². The topological polar surface area (TPSA) is 83.5 Å². The molecule has 9 heteroatoms. The fourth-order valence-corrected chi connectivity index (χ4v) is 2.74. The third kappa shape index (κ3) is 4.72. The van der Waals surface area contributed by atoms with Crippen molar-refractivity contribution in [3.05, 3.63) is 41.0 Å². The van der Waals surface area contributed by atoms with E-state index in [9.17, 15) is 4.79 Å². The molecule has 8 nitrogen and oxygen atoms in total. The van der Waals surface area contributed by atoms with Gasteiger partial charge in [-0.2, -0.15) is 10.1 Å². The maximum atomic E-state index is 11.8. The highest BCUT2D eigenvalue weighted by Crippen LogP contribution is 2.14. The summed E-state index contributed by atoms with van der Waals surface area (Å²) in [5, 5.41) is 12.1. The van der Waals surface area contributed by atoms with Gasteiger partial charge in [-0.25, -0.2) is 4.79 Å². The van der Waals surface area contributed by atoms with E-state index in [0.717, 1.165) is 5.56 Å². The summed E-state index contributed by atoms with van der Waals surface area (Å²) in [7, 11) is 0. The highest BCUT2D eigenvalue weighted by atomic mass is 35.5. The van der Waals surface area contributed by atoms with Crippen LogP contribution in [0.4, 0.5) is 16.6 Å². The van der Waals surface area contributed by atoms with E-state index in [1.807, 2.05) is 29.2 Å². The zero-order chi connectivity index (χ0) is 18.4. The third-order valence-electron chi connectivity index (χ3n) is 4.02. The number of benzene rings is 1. The van der Waals surface area contributed by atoms with Gasteiger partial charge in [0.15, 0.2) is 5.82 Å². The van der Waals surface area contributed by atoms with Gasteiger partial charge < -0.3 is 19.9 Å². The van der Waals surface area contributed by atoms with Crippen LogP contribution in [0.3, 0.4) is 0 Å². The van der Waals surface area contributed by atoms with E-state index < -0.39 is 0 Å². The number of amides is 1. The number of carbonyl (C=O) groups excluding carboxylic acids is 1. The molecule has 3 rings (SSSR count). The number of hydrogen-bond donors (Lipinski definition) is 1. The Kier molecular flexibility index (Phi) is 6.06. The maximum absolute atomic E-state index is 11.8. The van der Waals surface area contributed by atoms with E-state index in [-0.39, 0.29) is 6.09 Å². The fraction of sp³-hybridized carbons (Fsp3) is 0.412. The van der Waals surface area contributed by atoms with Crippen LogP contribution in [0.25, 0.3) is 0 Å².